The lowest BCUT2D eigenvalue weighted by Crippen LogP contribution is -2.30. The molecule has 0 nitrogen and oxygen atoms in total. The zero-order chi connectivity index (χ0) is 20.9. The molecule has 0 amide bonds. The van der Waals surface area contributed by atoms with Gasteiger partial charge >= 0.3 is 0 Å². The Bertz CT molecular complexity index is 834. The fourth-order valence-corrected chi connectivity index (χ4v) is 3.09. The zero-order valence-electron chi connectivity index (χ0n) is 17.8. The molecule has 0 aromatic heterocycles. The second-order valence-corrected chi connectivity index (χ2v) is 7.11. The van der Waals surface area contributed by atoms with Gasteiger partial charge in [-0.05, 0) is 13.8 Å². The van der Waals surface area contributed by atoms with Crippen LogP contribution in [-0.2, 0) is 0 Å². The normalized spacial score (nSPS) is 12.2. The van der Waals surface area contributed by atoms with E-state index in [1.54, 1.807) is 0 Å². The summed E-state index contributed by atoms with van der Waals surface area (Å²) in [5.41, 5.74) is 7.74. The van der Waals surface area contributed by atoms with Crippen LogP contribution in [0.15, 0.2) is 121 Å². The Labute approximate surface area is 178 Å². The van der Waals surface area contributed by atoms with Crippen LogP contribution in [0.5, 0.6) is 0 Å². The Hall–Kier alpha value is -2.93. The third kappa shape index (κ3) is 7.91. The summed E-state index contributed by atoms with van der Waals surface area (Å²) in [7, 11) is 2.77. The molecule has 0 spiro atoms. The van der Waals surface area contributed by atoms with Gasteiger partial charge in [-0.3, -0.25) is 0 Å². The van der Waals surface area contributed by atoms with Crippen LogP contribution in [0.1, 0.15) is 13.8 Å². The van der Waals surface area contributed by atoms with Gasteiger partial charge in [-0.1, -0.05) is 143 Å². The van der Waals surface area contributed by atoms with Crippen molar-refractivity contribution >= 4 is 43.7 Å². The minimum Gasteiger partial charge on any atom is -0.0996 e. The van der Waals surface area contributed by atoms with Crippen LogP contribution in [0, 0.1) is 0 Å². The molecule has 0 N–H and O–H groups in total. The molecule has 0 aliphatic heterocycles. The molecule has 0 fully saturated rings. The number of rotatable bonds is 10. The summed E-state index contributed by atoms with van der Waals surface area (Å²) in [6.45, 7) is 11.9. The Morgan fingerprint density at radius 1 is 0.621 bits per heavy atom. The second-order valence-electron chi connectivity index (χ2n) is 7.11. The van der Waals surface area contributed by atoms with Crippen LogP contribution in [0.25, 0.3) is 0 Å². The lowest BCUT2D eigenvalue weighted by molar-refractivity contribution is 1.72. The molecule has 0 aliphatic rings. The fraction of sp³-hybridized carbons (Fsp3) is 0.0769. The van der Waals surface area contributed by atoms with Gasteiger partial charge in [-0.25, -0.2) is 0 Å². The van der Waals surface area contributed by atoms with Crippen molar-refractivity contribution in [2.24, 2.45) is 0 Å². The number of hydrogen-bond donors (Lipinski definition) is 0. The summed E-state index contributed by atoms with van der Waals surface area (Å²) < 4.78 is 0. The lowest BCUT2D eigenvalue weighted by Gasteiger charge is -2.05. The fourth-order valence-electron chi connectivity index (χ4n) is 3.09. The Morgan fingerprint density at radius 2 is 0.966 bits per heavy atom. The highest BCUT2D eigenvalue weighted by atomic mass is 13.9. The molecule has 0 atom stereocenters. The molecule has 2 aromatic carbocycles. The van der Waals surface area contributed by atoms with E-state index in [2.05, 4.69) is 86.0 Å². The number of allylic oxidation sites excluding steroid dienone is 10. The molecule has 0 bridgehead atoms. The van der Waals surface area contributed by atoms with Gasteiger partial charge in [-0.2, -0.15) is 0 Å². The average molecular weight is 374 g/mol. The van der Waals surface area contributed by atoms with E-state index in [0.29, 0.717) is 0 Å². The van der Waals surface area contributed by atoms with E-state index in [-0.39, 0.29) is 0 Å². The van der Waals surface area contributed by atoms with Crippen molar-refractivity contribution in [2.45, 2.75) is 13.8 Å². The maximum Gasteiger partial charge on any atom is 0.192 e. The van der Waals surface area contributed by atoms with Crippen LogP contribution in [-0.4, -0.2) is 21.8 Å². The smallest absolute Gasteiger partial charge is 0.0996 e. The molecule has 0 aliphatic carbocycles. The third-order valence-corrected chi connectivity index (χ3v) is 4.80. The van der Waals surface area contributed by atoms with Crippen molar-refractivity contribution in [2.75, 3.05) is 0 Å². The van der Waals surface area contributed by atoms with E-state index in [1.807, 2.05) is 38.2 Å². The van der Waals surface area contributed by atoms with Crippen LogP contribution < -0.4 is 21.9 Å². The molecule has 142 valence electrons. The highest BCUT2D eigenvalue weighted by Crippen LogP contribution is 1.96. The second kappa shape index (κ2) is 12.5. The number of hydrogen-bond acceptors (Lipinski definition) is 0. The zero-order valence-corrected chi connectivity index (χ0v) is 17.8. The average Bonchev–Trinajstić information content (AvgIpc) is 2.76. The first-order chi connectivity index (χ1) is 14.2. The minimum absolute atomic E-state index is 0.912. The highest BCUT2D eigenvalue weighted by Gasteiger charge is 2.04. The van der Waals surface area contributed by atoms with Gasteiger partial charge in [0.25, 0.3) is 0 Å². The molecule has 3 heteroatoms. The predicted molar refractivity (Wildman–Crippen MR) is 139 cm³/mol. The van der Waals surface area contributed by atoms with Gasteiger partial charge in [0.1, 0.15) is 0 Å². The Balaban J connectivity index is 1.99. The summed E-state index contributed by atoms with van der Waals surface area (Å²) in [6.07, 6.45) is 16.3. The van der Waals surface area contributed by atoms with Crippen LogP contribution >= 0.6 is 0 Å². The van der Waals surface area contributed by atoms with Gasteiger partial charge in [0.15, 0.2) is 21.8 Å². The largest absolute Gasteiger partial charge is 0.192 e. The van der Waals surface area contributed by atoms with Crippen molar-refractivity contribution < 1.29 is 0 Å². The summed E-state index contributed by atoms with van der Waals surface area (Å²) in [5.74, 6) is 0. The monoisotopic (exact) mass is 374 g/mol. The first-order valence-corrected chi connectivity index (χ1v) is 10.2. The first kappa shape index (κ1) is 22.4. The molecule has 0 radical (unpaired) electrons. The minimum atomic E-state index is 0.912. The molecular formula is C26H29B3. The standard InChI is InChI=1S/C26H29B3/c1-5-9-11-21(7-3)27-23-13-17-25(18-14-23)29-26-19-15-24(16-20-26)28-22(8-4)12-10-6-2/h5-20,27-29H,3-4H2,1-2H3/b9-5-,10-6-,21-11+,22-12+. The van der Waals surface area contributed by atoms with Crippen molar-refractivity contribution in [3.63, 3.8) is 0 Å². The van der Waals surface area contributed by atoms with E-state index < -0.39 is 0 Å². The molecule has 0 saturated heterocycles. The van der Waals surface area contributed by atoms with Crippen molar-refractivity contribution in [1.82, 2.24) is 0 Å². The van der Waals surface area contributed by atoms with Crippen molar-refractivity contribution in [1.29, 1.82) is 0 Å². The Kier molecular flexibility index (Phi) is 9.65. The summed E-state index contributed by atoms with van der Waals surface area (Å²) in [4.78, 5) is 0. The SMILES string of the molecule is C=C/C(Bc1ccc(Bc2ccc(B/C(C=C)=C/C=C\C)cc2)cc1)=C\C=C/C. The van der Waals surface area contributed by atoms with E-state index in [0.717, 1.165) is 21.8 Å². The third-order valence-electron chi connectivity index (χ3n) is 4.80. The lowest BCUT2D eigenvalue weighted by atomic mass is 9.59. The van der Waals surface area contributed by atoms with Gasteiger partial charge < -0.3 is 0 Å². The summed E-state index contributed by atoms with van der Waals surface area (Å²) >= 11 is 0. The summed E-state index contributed by atoms with van der Waals surface area (Å²) in [6, 6.07) is 17.8. The molecule has 2 rings (SSSR count). The quantitative estimate of drug-likeness (QED) is 0.443. The molecule has 29 heavy (non-hydrogen) atoms. The number of benzene rings is 2. The van der Waals surface area contributed by atoms with Gasteiger partial charge in [0.2, 0.25) is 0 Å². The molecule has 0 unspecified atom stereocenters. The van der Waals surface area contributed by atoms with Crippen LogP contribution in [0.4, 0.5) is 0 Å². The van der Waals surface area contributed by atoms with Gasteiger partial charge in [0, 0.05) is 0 Å². The van der Waals surface area contributed by atoms with Gasteiger partial charge in [0.05, 0.1) is 0 Å². The summed E-state index contributed by atoms with van der Waals surface area (Å²) in [5, 5.41) is 0. The highest BCUT2D eigenvalue weighted by molar-refractivity contribution is 6.68. The van der Waals surface area contributed by atoms with Crippen molar-refractivity contribution in [3.05, 3.63) is 121 Å². The predicted octanol–water partition coefficient (Wildman–Crippen LogP) is 2.49. The maximum absolute atomic E-state index is 3.91. The molecule has 0 saturated carbocycles. The van der Waals surface area contributed by atoms with Gasteiger partial charge in [-0.15, -0.1) is 0 Å². The van der Waals surface area contributed by atoms with E-state index >= 15 is 0 Å². The van der Waals surface area contributed by atoms with Crippen LogP contribution in [0.2, 0.25) is 0 Å². The van der Waals surface area contributed by atoms with Crippen LogP contribution in [0.3, 0.4) is 0 Å². The first-order valence-electron chi connectivity index (χ1n) is 10.2. The van der Waals surface area contributed by atoms with E-state index in [9.17, 15) is 0 Å². The maximum atomic E-state index is 3.91. The van der Waals surface area contributed by atoms with E-state index in [1.165, 1.54) is 32.8 Å². The molecular weight excluding hydrogens is 345 g/mol. The molecule has 2 aromatic rings. The topological polar surface area (TPSA) is 0 Å². The Morgan fingerprint density at radius 3 is 1.28 bits per heavy atom. The van der Waals surface area contributed by atoms with E-state index in [4.69, 9.17) is 0 Å². The van der Waals surface area contributed by atoms with Crippen molar-refractivity contribution in [3.8, 4) is 0 Å². The molecule has 0 heterocycles.